The van der Waals surface area contributed by atoms with E-state index >= 15 is 0 Å². The molecule has 0 aromatic heterocycles. The second-order valence-corrected chi connectivity index (χ2v) is 7.51. The van der Waals surface area contributed by atoms with Gasteiger partial charge in [-0.05, 0) is 73.5 Å². The zero-order valence-corrected chi connectivity index (χ0v) is 17.2. The van der Waals surface area contributed by atoms with E-state index in [1.165, 1.54) is 33.6 Å². The maximum atomic E-state index is 3.45. The van der Waals surface area contributed by atoms with Crippen molar-refractivity contribution in [1.82, 2.24) is 0 Å². The quantitative estimate of drug-likeness (QED) is 0.387. The van der Waals surface area contributed by atoms with E-state index in [2.05, 4.69) is 128 Å². The minimum absolute atomic E-state index is 1.09. The average Bonchev–Trinajstić information content (AvgIpc) is 2.76. The van der Waals surface area contributed by atoms with Gasteiger partial charge in [-0.2, -0.15) is 0 Å². The number of nitrogens with zero attached hydrogens (tertiary/aromatic N) is 1. The van der Waals surface area contributed by atoms with Gasteiger partial charge in [0.25, 0.3) is 0 Å². The predicted molar refractivity (Wildman–Crippen MR) is 126 cm³/mol. The van der Waals surface area contributed by atoms with Crippen molar-refractivity contribution in [2.45, 2.75) is 13.8 Å². The molecule has 0 heterocycles. The molecule has 0 aliphatic heterocycles. The van der Waals surface area contributed by atoms with Crippen LogP contribution in [0.25, 0.3) is 11.1 Å². The molecule has 0 saturated heterocycles. The monoisotopic (exact) mass is 378 g/mol. The van der Waals surface area contributed by atoms with Crippen molar-refractivity contribution >= 4 is 22.7 Å². The predicted octanol–water partition coefficient (Wildman–Crippen LogP) is 7.48. The van der Waals surface area contributed by atoms with E-state index in [1.54, 1.807) is 0 Å². The summed E-state index contributed by atoms with van der Waals surface area (Å²) in [6.45, 7) is 4.21. The lowest BCUT2D eigenvalue weighted by Gasteiger charge is -2.20. The van der Waals surface area contributed by atoms with Gasteiger partial charge in [-0.3, -0.25) is 0 Å². The second kappa shape index (κ2) is 8.24. The Morgan fingerprint density at radius 3 is 1.31 bits per heavy atom. The molecule has 4 aromatic rings. The van der Waals surface area contributed by atoms with Gasteiger partial charge in [0.05, 0.1) is 0 Å². The SMILES string of the molecule is Cc1ccc(Nc2ccc(-c3ccc(N(C)c4ccc(C)cc4)cc3)cc2)cc1. The highest BCUT2D eigenvalue weighted by Crippen LogP contribution is 2.28. The Labute approximate surface area is 173 Å². The maximum Gasteiger partial charge on any atom is 0.0408 e. The first-order chi connectivity index (χ1) is 14.1. The highest BCUT2D eigenvalue weighted by Gasteiger charge is 2.05. The van der Waals surface area contributed by atoms with Crippen LogP contribution in [0.1, 0.15) is 11.1 Å². The van der Waals surface area contributed by atoms with Gasteiger partial charge < -0.3 is 10.2 Å². The van der Waals surface area contributed by atoms with Gasteiger partial charge >= 0.3 is 0 Å². The number of anilines is 4. The van der Waals surface area contributed by atoms with Crippen LogP contribution in [-0.4, -0.2) is 7.05 Å². The number of nitrogens with one attached hydrogen (secondary N) is 1. The van der Waals surface area contributed by atoms with E-state index in [4.69, 9.17) is 0 Å². The molecular weight excluding hydrogens is 352 g/mol. The Kier molecular flexibility index (Phi) is 5.35. The first kappa shape index (κ1) is 18.8. The third-order valence-corrected chi connectivity index (χ3v) is 5.23. The van der Waals surface area contributed by atoms with E-state index in [1.807, 2.05) is 0 Å². The van der Waals surface area contributed by atoms with E-state index in [0.717, 1.165) is 11.4 Å². The van der Waals surface area contributed by atoms with Crippen LogP contribution >= 0.6 is 0 Å². The first-order valence-corrected chi connectivity index (χ1v) is 9.93. The Hall–Kier alpha value is -3.52. The Morgan fingerprint density at radius 2 is 0.828 bits per heavy atom. The Balaban J connectivity index is 1.47. The minimum atomic E-state index is 1.09. The average molecular weight is 379 g/mol. The number of rotatable bonds is 5. The topological polar surface area (TPSA) is 15.3 Å². The molecule has 29 heavy (non-hydrogen) atoms. The van der Waals surface area contributed by atoms with Gasteiger partial charge in [0.2, 0.25) is 0 Å². The van der Waals surface area contributed by atoms with Crippen LogP contribution in [0.15, 0.2) is 97.1 Å². The molecule has 0 unspecified atom stereocenters. The van der Waals surface area contributed by atoms with Gasteiger partial charge in [0, 0.05) is 29.8 Å². The molecule has 0 saturated carbocycles. The zero-order valence-electron chi connectivity index (χ0n) is 17.2. The number of hydrogen-bond acceptors (Lipinski definition) is 2. The molecule has 0 spiro atoms. The summed E-state index contributed by atoms with van der Waals surface area (Å²) < 4.78 is 0. The molecule has 0 aliphatic rings. The molecule has 0 aliphatic carbocycles. The van der Waals surface area contributed by atoms with Crippen LogP contribution in [0.4, 0.5) is 22.7 Å². The van der Waals surface area contributed by atoms with E-state index in [9.17, 15) is 0 Å². The Bertz CT molecular complexity index is 1060. The largest absolute Gasteiger partial charge is 0.356 e. The van der Waals surface area contributed by atoms with Gasteiger partial charge in [-0.25, -0.2) is 0 Å². The fourth-order valence-electron chi connectivity index (χ4n) is 3.34. The fourth-order valence-corrected chi connectivity index (χ4v) is 3.34. The minimum Gasteiger partial charge on any atom is -0.356 e. The van der Waals surface area contributed by atoms with Gasteiger partial charge in [-0.15, -0.1) is 0 Å². The van der Waals surface area contributed by atoms with Crippen LogP contribution in [0.2, 0.25) is 0 Å². The highest BCUT2D eigenvalue weighted by atomic mass is 15.1. The summed E-state index contributed by atoms with van der Waals surface area (Å²) >= 11 is 0. The van der Waals surface area contributed by atoms with Crippen LogP contribution in [0.5, 0.6) is 0 Å². The standard InChI is InChI=1S/C27H26N2/c1-20-4-12-24(13-5-20)28-25-14-8-22(9-15-25)23-10-18-27(19-11-23)29(3)26-16-6-21(2)7-17-26/h4-19,28H,1-3H3. The van der Waals surface area contributed by atoms with Crippen molar-refractivity contribution in [3.05, 3.63) is 108 Å². The summed E-state index contributed by atoms with van der Waals surface area (Å²) in [5, 5.41) is 3.45. The van der Waals surface area contributed by atoms with Gasteiger partial charge in [-0.1, -0.05) is 59.7 Å². The molecule has 4 aromatic carbocycles. The lowest BCUT2D eigenvalue weighted by Crippen LogP contribution is -2.08. The maximum absolute atomic E-state index is 3.45. The first-order valence-electron chi connectivity index (χ1n) is 9.93. The van der Waals surface area contributed by atoms with Crippen molar-refractivity contribution in [1.29, 1.82) is 0 Å². The molecule has 0 radical (unpaired) electrons. The molecule has 0 bridgehead atoms. The second-order valence-electron chi connectivity index (χ2n) is 7.51. The number of benzene rings is 4. The molecule has 2 heteroatoms. The lowest BCUT2D eigenvalue weighted by molar-refractivity contribution is 1.20. The summed E-state index contributed by atoms with van der Waals surface area (Å²) in [4.78, 5) is 2.21. The molecule has 4 rings (SSSR count). The molecule has 2 nitrogen and oxygen atoms in total. The Morgan fingerprint density at radius 1 is 0.483 bits per heavy atom. The number of hydrogen-bond donors (Lipinski definition) is 1. The van der Waals surface area contributed by atoms with Crippen molar-refractivity contribution in [2.75, 3.05) is 17.3 Å². The van der Waals surface area contributed by atoms with Crippen LogP contribution < -0.4 is 10.2 Å². The lowest BCUT2D eigenvalue weighted by atomic mass is 10.0. The van der Waals surface area contributed by atoms with Crippen LogP contribution in [0, 0.1) is 13.8 Å². The fraction of sp³-hybridized carbons (Fsp3) is 0.111. The van der Waals surface area contributed by atoms with E-state index in [0.29, 0.717) is 0 Å². The van der Waals surface area contributed by atoms with Crippen LogP contribution in [0.3, 0.4) is 0 Å². The van der Waals surface area contributed by atoms with Crippen molar-refractivity contribution in [3.8, 4) is 11.1 Å². The van der Waals surface area contributed by atoms with Gasteiger partial charge in [0.15, 0.2) is 0 Å². The van der Waals surface area contributed by atoms with E-state index in [-0.39, 0.29) is 0 Å². The molecular formula is C27H26N2. The molecule has 0 fully saturated rings. The summed E-state index contributed by atoms with van der Waals surface area (Å²) in [5.74, 6) is 0. The van der Waals surface area contributed by atoms with Crippen molar-refractivity contribution < 1.29 is 0 Å². The summed E-state index contributed by atoms with van der Waals surface area (Å²) in [5.41, 5.74) is 9.53. The summed E-state index contributed by atoms with van der Waals surface area (Å²) in [6.07, 6.45) is 0. The van der Waals surface area contributed by atoms with Crippen LogP contribution in [-0.2, 0) is 0 Å². The third-order valence-electron chi connectivity index (χ3n) is 5.23. The summed E-state index contributed by atoms with van der Waals surface area (Å²) in [7, 11) is 2.10. The molecule has 144 valence electrons. The van der Waals surface area contributed by atoms with Crippen molar-refractivity contribution in [2.24, 2.45) is 0 Å². The van der Waals surface area contributed by atoms with Gasteiger partial charge in [0.1, 0.15) is 0 Å². The summed E-state index contributed by atoms with van der Waals surface area (Å²) in [6, 6.07) is 34.3. The zero-order chi connectivity index (χ0) is 20.2. The smallest absolute Gasteiger partial charge is 0.0408 e. The molecule has 0 amide bonds. The molecule has 1 N–H and O–H groups in total. The van der Waals surface area contributed by atoms with E-state index < -0.39 is 0 Å². The highest BCUT2D eigenvalue weighted by molar-refractivity contribution is 5.71. The van der Waals surface area contributed by atoms with Crippen molar-refractivity contribution in [3.63, 3.8) is 0 Å². The molecule has 0 atom stereocenters. The number of aryl methyl sites for hydroxylation is 2. The third kappa shape index (κ3) is 4.49. The normalized spacial score (nSPS) is 10.6.